The maximum absolute atomic E-state index is 10.8. The molecule has 8 nitrogen and oxygen atoms in total. The Kier molecular flexibility index (Phi) is 7.56. The third kappa shape index (κ3) is 6.41. The summed E-state index contributed by atoms with van der Waals surface area (Å²) in [6.45, 7) is 6.80. The van der Waals surface area contributed by atoms with E-state index in [1.807, 2.05) is 23.1 Å². The molecule has 0 saturated heterocycles. The summed E-state index contributed by atoms with van der Waals surface area (Å²) < 4.78 is 2.02. The number of nitro benzene ring substituents is 1. The molecule has 3 rings (SSSR count). The molecule has 0 aliphatic rings. The van der Waals surface area contributed by atoms with E-state index < -0.39 is 4.92 Å². The molecule has 0 aliphatic heterocycles. The molecule has 0 saturated carbocycles. The van der Waals surface area contributed by atoms with Gasteiger partial charge in [-0.05, 0) is 43.3 Å². The molecule has 158 valence electrons. The molecule has 30 heavy (non-hydrogen) atoms. The smallest absolute Gasteiger partial charge is 0.269 e. The van der Waals surface area contributed by atoms with Gasteiger partial charge < -0.3 is 10.6 Å². The second-order valence-electron chi connectivity index (χ2n) is 6.95. The Morgan fingerprint density at radius 3 is 2.67 bits per heavy atom. The van der Waals surface area contributed by atoms with Crippen molar-refractivity contribution in [2.45, 2.75) is 39.9 Å². The van der Waals surface area contributed by atoms with Crippen molar-refractivity contribution in [3.63, 3.8) is 0 Å². The summed E-state index contributed by atoms with van der Waals surface area (Å²) in [5.74, 6) is 0.718. The number of hydrogen-bond acceptors (Lipinski definition) is 5. The lowest BCUT2D eigenvalue weighted by atomic mass is 10.2. The first kappa shape index (κ1) is 21.5. The minimum atomic E-state index is -0.397. The van der Waals surface area contributed by atoms with Gasteiger partial charge in [0.15, 0.2) is 5.96 Å². The first-order chi connectivity index (χ1) is 14.5. The zero-order valence-electron chi connectivity index (χ0n) is 17.2. The molecule has 0 aliphatic carbocycles. The SMILES string of the molecule is Cc1cc(C)n(CCCNC(=NCc2ccc([N+](=O)[O-])cc2)NCc2cccs2)n1. The Balaban J connectivity index is 1.56. The van der Waals surface area contributed by atoms with Gasteiger partial charge in [-0.2, -0.15) is 5.10 Å². The number of rotatable bonds is 9. The topological polar surface area (TPSA) is 97.4 Å². The van der Waals surface area contributed by atoms with Crippen LogP contribution in [-0.4, -0.2) is 27.2 Å². The minimum Gasteiger partial charge on any atom is -0.356 e. The van der Waals surface area contributed by atoms with Crippen LogP contribution in [0.2, 0.25) is 0 Å². The lowest BCUT2D eigenvalue weighted by molar-refractivity contribution is -0.384. The highest BCUT2D eigenvalue weighted by atomic mass is 32.1. The molecule has 0 atom stereocenters. The van der Waals surface area contributed by atoms with Crippen molar-refractivity contribution < 1.29 is 4.92 Å². The third-order valence-electron chi connectivity index (χ3n) is 4.52. The van der Waals surface area contributed by atoms with Crippen LogP contribution >= 0.6 is 11.3 Å². The van der Waals surface area contributed by atoms with Crippen LogP contribution in [0.15, 0.2) is 52.8 Å². The lowest BCUT2D eigenvalue weighted by Gasteiger charge is -2.12. The molecule has 2 heterocycles. The van der Waals surface area contributed by atoms with Gasteiger partial charge in [-0.15, -0.1) is 11.3 Å². The number of aryl methyl sites for hydroxylation is 3. The monoisotopic (exact) mass is 426 g/mol. The lowest BCUT2D eigenvalue weighted by Crippen LogP contribution is -2.37. The van der Waals surface area contributed by atoms with Crippen LogP contribution in [0.3, 0.4) is 0 Å². The van der Waals surface area contributed by atoms with Crippen LogP contribution in [0.5, 0.6) is 0 Å². The van der Waals surface area contributed by atoms with Crippen LogP contribution in [0.25, 0.3) is 0 Å². The maximum Gasteiger partial charge on any atom is 0.269 e. The number of nitrogens with zero attached hydrogens (tertiary/aromatic N) is 4. The summed E-state index contributed by atoms with van der Waals surface area (Å²) in [6.07, 6.45) is 0.916. The average molecular weight is 427 g/mol. The predicted octanol–water partition coefficient (Wildman–Crippen LogP) is 3.80. The number of thiophene rings is 1. The van der Waals surface area contributed by atoms with Crippen molar-refractivity contribution in [3.8, 4) is 0 Å². The summed E-state index contributed by atoms with van der Waals surface area (Å²) in [5, 5.41) is 24.1. The minimum absolute atomic E-state index is 0.0843. The number of nitro groups is 1. The van der Waals surface area contributed by atoms with E-state index >= 15 is 0 Å². The first-order valence-electron chi connectivity index (χ1n) is 9.80. The van der Waals surface area contributed by atoms with Gasteiger partial charge in [0.05, 0.1) is 23.7 Å². The normalized spacial score (nSPS) is 11.5. The number of hydrogen-bond donors (Lipinski definition) is 2. The van der Waals surface area contributed by atoms with Gasteiger partial charge in [0.2, 0.25) is 0 Å². The van der Waals surface area contributed by atoms with Gasteiger partial charge in [-0.25, -0.2) is 4.99 Å². The van der Waals surface area contributed by atoms with Crippen molar-refractivity contribution in [1.82, 2.24) is 20.4 Å². The zero-order chi connectivity index (χ0) is 21.3. The number of nitrogens with one attached hydrogen (secondary N) is 2. The van der Waals surface area contributed by atoms with Crippen molar-refractivity contribution >= 4 is 23.0 Å². The van der Waals surface area contributed by atoms with Gasteiger partial charge in [0.1, 0.15) is 0 Å². The Morgan fingerprint density at radius 2 is 2.03 bits per heavy atom. The standard InChI is InChI=1S/C21H26N6O2S/c1-16-13-17(2)26(25-16)11-4-10-22-21(24-15-20-5-3-12-30-20)23-14-18-6-8-19(9-7-18)27(28)29/h3,5-9,12-13H,4,10-11,14-15H2,1-2H3,(H2,22,23,24). The first-order valence-corrected chi connectivity index (χ1v) is 10.7. The Morgan fingerprint density at radius 1 is 1.23 bits per heavy atom. The average Bonchev–Trinajstić information content (AvgIpc) is 3.36. The Labute approximate surface area is 179 Å². The fraction of sp³-hybridized carbons (Fsp3) is 0.333. The van der Waals surface area contributed by atoms with Crippen molar-refractivity contribution in [1.29, 1.82) is 0 Å². The molecule has 0 fully saturated rings. The van der Waals surface area contributed by atoms with E-state index in [9.17, 15) is 10.1 Å². The van der Waals surface area contributed by atoms with Crippen LogP contribution < -0.4 is 10.6 Å². The van der Waals surface area contributed by atoms with E-state index in [-0.39, 0.29) is 5.69 Å². The van der Waals surface area contributed by atoms with Gasteiger partial charge in [-0.3, -0.25) is 14.8 Å². The van der Waals surface area contributed by atoms with Gasteiger partial charge in [0, 0.05) is 35.8 Å². The van der Waals surface area contributed by atoms with Crippen LogP contribution in [0, 0.1) is 24.0 Å². The quantitative estimate of drug-likeness (QED) is 0.178. The van der Waals surface area contributed by atoms with E-state index in [0.29, 0.717) is 13.1 Å². The van der Waals surface area contributed by atoms with Crippen molar-refractivity contribution in [3.05, 3.63) is 79.8 Å². The number of benzene rings is 1. The second kappa shape index (κ2) is 10.5. The molecule has 1 aromatic carbocycles. The third-order valence-corrected chi connectivity index (χ3v) is 5.40. The Hall–Kier alpha value is -3.20. The van der Waals surface area contributed by atoms with Gasteiger partial charge in [0.25, 0.3) is 5.69 Å². The molecular formula is C21H26N6O2S. The fourth-order valence-electron chi connectivity index (χ4n) is 2.99. The predicted molar refractivity (Wildman–Crippen MR) is 120 cm³/mol. The molecule has 0 spiro atoms. The zero-order valence-corrected chi connectivity index (χ0v) is 18.0. The molecule has 0 unspecified atom stereocenters. The molecule has 0 amide bonds. The number of aliphatic imine (C=N–C) groups is 1. The van der Waals surface area contributed by atoms with E-state index in [1.54, 1.807) is 23.5 Å². The van der Waals surface area contributed by atoms with E-state index in [2.05, 4.69) is 39.8 Å². The molecule has 0 radical (unpaired) electrons. The van der Waals surface area contributed by atoms with Crippen LogP contribution in [0.4, 0.5) is 5.69 Å². The van der Waals surface area contributed by atoms with Crippen molar-refractivity contribution in [2.24, 2.45) is 4.99 Å². The maximum atomic E-state index is 10.8. The fourth-order valence-corrected chi connectivity index (χ4v) is 3.63. The highest BCUT2D eigenvalue weighted by molar-refractivity contribution is 7.09. The van der Waals surface area contributed by atoms with Crippen LogP contribution in [0.1, 0.15) is 28.2 Å². The van der Waals surface area contributed by atoms with E-state index in [4.69, 9.17) is 0 Å². The second-order valence-corrected chi connectivity index (χ2v) is 7.98. The molecule has 0 bridgehead atoms. The molecule has 9 heteroatoms. The summed E-state index contributed by atoms with van der Waals surface area (Å²) in [6, 6.07) is 12.7. The van der Waals surface area contributed by atoms with Gasteiger partial charge in [-0.1, -0.05) is 18.2 Å². The largest absolute Gasteiger partial charge is 0.356 e. The van der Waals surface area contributed by atoms with E-state index in [0.717, 1.165) is 42.4 Å². The summed E-state index contributed by atoms with van der Waals surface area (Å²) in [7, 11) is 0. The summed E-state index contributed by atoms with van der Waals surface area (Å²) >= 11 is 1.69. The molecule has 3 aromatic rings. The highest BCUT2D eigenvalue weighted by Gasteiger charge is 2.05. The van der Waals surface area contributed by atoms with Crippen LogP contribution in [-0.2, 0) is 19.6 Å². The summed E-state index contributed by atoms with van der Waals surface area (Å²) in [4.78, 5) is 16.3. The highest BCUT2D eigenvalue weighted by Crippen LogP contribution is 2.12. The molecular weight excluding hydrogens is 400 g/mol. The number of non-ortho nitro benzene ring substituents is 1. The van der Waals surface area contributed by atoms with E-state index in [1.165, 1.54) is 17.0 Å². The molecule has 2 aromatic heterocycles. The number of aromatic nitrogens is 2. The summed E-state index contributed by atoms with van der Waals surface area (Å²) in [5.41, 5.74) is 3.19. The van der Waals surface area contributed by atoms with Gasteiger partial charge >= 0.3 is 0 Å². The molecule has 2 N–H and O–H groups in total. The number of guanidine groups is 1. The Bertz CT molecular complexity index is 980. The van der Waals surface area contributed by atoms with Crippen molar-refractivity contribution in [2.75, 3.05) is 6.54 Å².